The van der Waals surface area contributed by atoms with Crippen LogP contribution in [0.25, 0.3) is 0 Å². The molecule has 0 aromatic carbocycles. The van der Waals surface area contributed by atoms with Gasteiger partial charge < -0.3 is 5.32 Å². The van der Waals surface area contributed by atoms with Crippen LogP contribution in [0.5, 0.6) is 0 Å². The van der Waals surface area contributed by atoms with Gasteiger partial charge in [0.05, 0.1) is 0 Å². The van der Waals surface area contributed by atoms with E-state index >= 15 is 0 Å². The Balaban J connectivity index is 3.27. The standard InChI is InChI=1S/C13H20F3N3O2/c1-6-7-19-8(2)17-12(10(19)21,13(14,15)16)18-9(20)11(3,4)5/h6-7H2,1-5H3,(H,18,20). The molecule has 1 atom stereocenters. The van der Waals surface area contributed by atoms with Crippen LogP contribution in [0.2, 0.25) is 0 Å². The molecule has 5 nitrogen and oxygen atoms in total. The van der Waals surface area contributed by atoms with Crippen molar-refractivity contribution < 1.29 is 22.8 Å². The largest absolute Gasteiger partial charge is 0.442 e. The molecule has 0 aromatic rings. The molecule has 1 unspecified atom stereocenters. The lowest BCUT2D eigenvalue weighted by molar-refractivity contribution is -0.201. The Kier molecular flexibility index (Phi) is 4.41. The van der Waals surface area contributed by atoms with Crippen molar-refractivity contribution in [3.05, 3.63) is 0 Å². The van der Waals surface area contributed by atoms with E-state index in [1.807, 2.05) is 0 Å². The first-order chi connectivity index (χ1) is 9.37. The predicted octanol–water partition coefficient (Wildman–Crippen LogP) is 2.08. The van der Waals surface area contributed by atoms with Crippen LogP contribution in [0, 0.1) is 5.41 Å². The van der Waals surface area contributed by atoms with Crippen LogP contribution in [-0.4, -0.2) is 40.9 Å². The number of halogens is 3. The van der Waals surface area contributed by atoms with E-state index in [1.165, 1.54) is 27.7 Å². The zero-order chi connectivity index (χ0) is 16.6. The molecule has 1 aliphatic rings. The molecule has 2 amide bonds. The van der Waals surface area contributed by atoms with Gasteiger partial charge >= 0.3 is 11.8 Å². The van der Waals surface area contributed by atoms with Gasteiger partial charge in [-0.3, -0.25) is 14.5 Å². The average molecular weight is 307 g/mol. The minimum Gasteiger partial charge on any atom is -0.316 e. The van der Waals surface area contributed by atoms with E-state index in [0.29, 0.717) is 6.42 Å². The summed E-state index contributed by atoms with van der Waals surface area (Å²) in [5, 5.41) is 1.80. The van der Waals surface area contributed by atoms with Crippen molar-refractivity contribution in [2.24, 2.45) is 10.4 Å². The molecule has 21 heavy (non-hydrogen) atoms. The van der Waals surface area contributed by atoms with Crippen LogP contribution in [0.3, 0.4) is 0 Å². The quantitative estimate of drug-likeness (QED) is 0.867. The Morgan fingerprint density at radius 3 is 2.24 bits per heavy atom. The van der Waals surface area contributed by atoms with Gasteiger partial charge in [0.25, 0.3) is 5.91 Å². The summed E-state index contributed by atoms with van der Waals surface area (Å²) < 4.78 is 40.3. The number of rotatable bonds is 3. The molecule has 1 rings (SSSR count). The zero-order valence-electron chi connectivity index (χ0n) is 12.8. The lowest BCUT2D eigenvalue weighted by Gasteiger charge is -2.31. The van der Waals surface area contributed by atoms with E-state index in [2.05, 4.69) is 4.99 Å². The minimum atomic E-state index is -5.01. The zero-order valence-corrected chi connectivity index (χ0v) is 12.8. The molecule has 1 heterocycles. The van der Waals surface area contributed by atoms with E-state index in [4.69, 9.17) is 0 Å². The molecule has 0 aromatic heterocycles. The number of nitrogens with zero attached hydrogens (tertiary/aromatic N) is 2. The van der Waals surface area contributed by atoms with Crippen molar-refractivity contribution in [3.8, 4) is 0 Å². The maximum Gasteiger partial charge on any atom is 0.442 e. The molecule has 120 valence electrons. The number of amidine groups is 1. The molecular formula is C13H20F3N3O2. The molecular weight excluding hydrogens is 287 g/mol. The van der Waals surface area contributed by atoms with Crippen molar-refractivity contribution in [2.75, 3.05) is 6.54 Å². The van der Waals surface area contributed by atoms with Gasteiger partial charge in [-0.15, -0.1) is 0 Å². The number of carbonyl (C=O) groups excluding carboxylic acids is 2. The Labute approximate surface area is 121 Å². The van der Waals surface area contributed by atoms with Crippen molar-refractivity contribution >= 4 is 17.6 Å². The van der Waals surface area contributed by atoms with E-state index < -0.39 is 29.1 Å². The lowest BCUT2D eigenvalue weighted by Crippen LogP contribution is -2.64. The van der Waals surface area contributed by atoms with Gasteiger partial charge in [-0.25, -0.2) is 4.99 Å². The summed E-state index contributed by atoms with van der Waals surface area (Å²) in [6, 6.07) is 0. The fourth-order valence-electron chi connectivity index (χ4n) is 1.87. The van der Waals surface area contributed by atoms with Crippen molar-refractivity contribution in [1.29, 1.82) is 0 Å². The highest BCUT2D eigenvalue weighted by atomic mass is 19.4. The van der Waals surface area contributed by atoms with Crippen LogP contribution in [0.4, 0.5) is 13.2 Å². The van der Waals surface area contributed by atoms with E-state index in [9.17, 15) is 22.8 Å². The summed E-state index contributed by atoms with van der Waals surface area (Å²) in [7, 11) is 0. The number of nitrogens with one attached hydrogen (secondary N) is 1. The molecule has 1 N–H and O–H groups in total. The maximum absolute atomic E-state index is 13.4. The first-order valence-corrected chi connectivity index (χ1v) is 6.64. The molecule has 0 bridgehead atoms. The van der Waals surface area contributed by atoms with Gasteiger partial charge in [-0.2, -0.15) is 13.2 Å². The molecule has 0 radical (unpaired) electrons. The number of alkyl halides is 3. The van der Waals surface area contributed by atoms with Gasteiger partial charge in [-0.1, -0.05) is 27.7 Å². The molecule has 0 saturated heterocycles. The highest BCUT2D eigenvalue weighted by Crippen LogP contribution is 2.38. The summed E-state index contributed by atoms with van der Waals surface area (Å²) in [4.78, 5) is 28.6. The molecule has 8 heteroatoms. The van der Waals surface area contributed by atoms with Gasteiger partial charge in [0.2, 0.25) is 5.91 Å². The Morgan fingerprint density at radius 1 is 1.33 bits per heavy atom. The highest BCUT2D eigenvalue weighted by Gasteiger charge is 2.66. The first-order valence-electron chi connectivity index (χ1n) is 6.64. The van der Waals surface area contributed by atoms with Crippen LogP contribution in [0.15, 0.2) is 4.99 Å². The number of aliphatic imine (C=N–C) groups is 1. The second-order valence-electron chi connectivity index (χ2n) is 6.03. The number of amides is 2. The SMILES string of the molecule is CCCN1C(=O)C(NC(=O)C(C)(C)C)(C(F)(F)F)N=C1C. The Hall–Kier alpha value is -1.60. The fraction of sp³-hybridized carbons (Fsp3) is 0.769. The third-order valence-electron chi connectivity index (χ3n) is 3.11. The van der Waals surface area contributed by atoms with E-state index in [1.54, 1.807) is 12.2 Å². The van der Waals surface area contributed by atoms with Crippen LogP contribution in [0.1, 0.15) is 41.0 Å². The monoisotopic (exact) mass is 307 g/mol. The minimum absolute atomic E-state index is 0.0478. The van der Waals surface area contributed by atoms with Crippen molar-refractivity contribution in [2.45, 2.75) is 52.9 Å². The lowest BCUT2D eigenvalue weighted by atomic mass is 9.94. The molecule has 0 spiro atoms. The van der Waals surface area contributed by atoms with Crippen LogP contribution < -0.4 is 5.32 Å². The van der Waals surface area contributed by atoms with Crippen molar-refractivity contribution in [3.63, 3.8) is 0 Å². The molecule has 1 aliphatic heterocycles. The van der Waals surface area contributed by atoms with Crippen LogP contribution >= 0.6 is 0 Å². The highest BCUT2D eigenvalue weighted by molar-refractivity contribution is 6.09. The van der Waals surface area contributed by atoms with Gasteiger partial charge in [0.15, 0.2) is 0 Å². The van der Waals surface area contributed by atoms with Gasteiger partial charge in [-0.05, 0) is 13.3 Å². The fourth-order valence-corrected chi connectivity index (χ4v) is 1.87. The predicted molar refractivity (Wildman–Crippen MR) is 71.5 cm³/mol. The summed E-state index contributed by atoms with van der Waals surface area (Å²) in [5.74, 6) is -2.19. The second-order valence-corrected chi connectivity index (χ2v) is 6.03. The van der Waals surface area contributed by atoms with Crippen molar-refractivity contribution in [1.82, 2.24) is 10.2 Å². The Bertz CT molecular complexity index is 480. The summed E-state index contributed by atoms with van der Waals surface area (Å²) in [5.41, 5.74) is -4.28. The van der Waals surface area contributed by atoms with Gasteiger partial charge in [0, 0.05) is 12.0 Å². The molecule has 0 fully saturated rings. The summed E-state index contributed by atoms with van der Waals surface area (Å²) in [6.45, 7) is 7.58. The third-order valence-corrected chi connectivity index (χ3v) is 3.11. The number of hydrogen-bond donors (Lipinski definition) is 1. The average Bonchev–Trinajstić information content (AvgIpc) is 2.53. The summed E-state index contributed by atoms with van der Waals surface area (Å²) in [6.07, 6.45) is -4.52. The number of hydrogen-bond acceptors (Lipinski definition) is 3. The number of carbonyl (C=O) groups is 2. The van der Waals surface area contributed by atoms with E-state index in [-0.39, 0.29) is 12.4 Å². The van der Waals surface area contributed by atoms with Crippen LogP contribution in [-0.2, 0) is 9.59 Å². The normalized spacial score (nSPS) is 23.3. The maximum atomic E-state index is 13.4. The van der Waals surface area contributed by atoms with E-state index in [0.717, 1.165) is 4.90 Å². The second kappa shape index (κ2) is 5.31. The molecule has 0 saturated carbocycles. The molecule has 0 aliphatic carbocycles. The Morgan fingerprint density at radius 2 is 1.86 bits per heavy atom. The third kappa shape index (κ3) is 3.03. The van der Waals surface area contributed by atoms with Gasteiger partial charge in [0.1, 0.15) is 5.84 Å². The topological polar surface area (TPSA) is 61.8 Å². The summed E-state index contributed by atoms with van der Waals surface area (Å²) >= 11 is 0. The smallest absolute Gasteiger partial charge is 0.316 e. The first kappa shape index (κ1) is 17.5.